The van der Waals surface area contributed by atoms with Crippen LogP contribution >= 0.6 is 11.8 Å². The number of carbonyl (C=O) groups excluding carboxylic acids is 2. The van der Waals surface area contributed by atoms with Gasteiger partial charge in [0.1, 0.15) is 5.75 Å². The van der Waals surface area contributed by atoms with Crippen LogP contribution in [0.1, 0.15) is 31.2 Å². The molecule has 2 heterocycles. The standard InChI is InChI=1S/C24H22N4O4S/c1-5-12-33-24-25-22-21(26-27-24)17-8-6-7-9-19(17)28(15(3)29)23(32-22)18-13-14(2)10-11-20(18)31-16(4)30/h5-11,13,23H,1,12H2,2-4H3/t23-/m0/s1. The molecule has 0 fully saturated rings. The van der Waals surface area contributed by atoms with E-state index >= 15 is 0 Å². The molecular formula is C24H22N4O4S. The normalized spacial score (nSPS) is 14.4. The maximum absolute atomic E-state index is 12.9. The average Bonchev–Trinajstić information content (AvgIpc) is 2.92. The Kier molecular flexibility index (Phi) is 6.41. The Bertz CT molecular complexity index is 1250. The van der Waals surface area contributed by atoms with Crippen molar-refractivity contribution in [1.82, 2.24) is 15.2 Å². The number of hydrogen-bond donors (Lipinski definition) is 0. The van der Waals surface area contributed by atoms with Crippen molar-refractivity contribution < 1.29 is 19.1 Å². The highest BCUT2D eigenvalue weighted by Crippen LogP contribution is 2.45. The second-order valence-corrected chi connectivity index (χ2v) is 8.35. The number of benzene rings is 2. The van der Waals surface area contributed by atoms with Gasteiger partial charge >= 0.3 is 5.97 Å². The quantitative estimate of drug-likeness (QED) is 0.237. The molecular weight excluding hydrogens is 440 g/mol. The zero-order chi connectivity index (χ0) is 23.5. The predicted octanol–water partition coefficient (Wildman–Crippen LogP) is 4.49. The molecule has 1 aliphatic heterocycles. The van der Waals surface area contributed by atoms with Crippen molar-refractivity contribution in [2.75, 3.05) is 10.7 Å². The number of fused-ring (bicyclic) bond motifs is 3. The van der Waals surface area contributed by atoms with Gasteiger partial charge in [0.2, 0.25) is 23.2 Å². The van der Waals surface area contributed by atoms with Gasteiger partial charge in [-0.1, -0.05) is 47.7 Å². The highest BCUT2D eigenvalue weighted by atomic mass is 32.2. The van der Waals surface area contributed by atoms with Crippen LogP contribution in [0.25, 0.3) is 11.3 Å². The van der Waals surface area contributed by atoms with Crippen LogP contribution in [0.5, 0.6) is 11.6 Å². The predicted molar refractivity (Wildman–Crippen MR) is 125 cm³/mol. The highest BCUT2D eigenvalue weighted by Gasteiger charge is 2.36. The van der Waals surface area contributed by atoms with Crippen LogP contribution in [0.4, 0.5) is 5.69 Å². The van der Waals surface area contributed by atoms with Crippen LogP contribution in [0, 0.1) is 6.92 Å². The van der Waals surface area contributed by atoms with Crippen molar-refractivity contribution in [1.29, 1.82) is 0 Å². The first-order chi connectivity index (χ1) is 15.9. The lowest BCUT2D eigenvalue weighted by atomic mass is 10.1. The molecule has 1 aromatic heterocycles. The van der Waals surface area contributed by atoms with Crippen LogP contribution < -0.4 is 14.4 Å². The Labute approximate surface area is 195 Å². The van der Waals surface area contributed by atoms with E-state index in [0.29, 0.717) is 39.2 Å². The number of carbonyl (C=O) groups is 2. The van der Waals surface area contributed by atoms with Crippen molar-refractivity contribution in [3.05, 3.63) is 66.2 Å². The second-order valence-electron chi connectivity index (χ2n) is 7.36. The molecule has 168 valence electrons. The molecule has 0 N–H and O–H groups in total. The summed E-state index contributed by atoms with van der Waals surface area (Å²) in [6.07, 6.45) is 0.793. The van der Waals surface area contributed by atoms with Gasteiger partial charge in [-0.05, 0) is 25.1 Å². The van der Waals surface area contributed by atoms with E-state index in [0.717, 1.165) is 5.56 Å². The molecule has 1 aliphatic rings. The van der Waals surface area contributed by atoms with Crippen molar-refractivity contribution in [2.24, 2.45) is 0 Å². The minimum Gasteiger partial charge on any atom is -0.447 e. The van der Waals surface area contributed by atoms with Gasteiger partial charge in [0, 0.05) is 25.2 Å². The van der Waals surface area contributed by atoms with Crippen LogP contribution in [0.2, 0.25) is 0 Å². The summed E-state index contributed by atoms with van der Waals surface area (Å²) in [6.45, 7) is 8.40. The summed E-state index contributed by atoms with van der Waals surface area (Å²) in [7, 11) is 0. The summed E-state index contributed by atoms with van der Waals surface area (Å²) < 4.78 is 11.8. The maximum atomic E-state index is 12.9. The second kappa shape index (κ2) is 9.41. The van der Waals surface area contributed by atoms with Gasteiger partial charge in [-0.15, -0.1) is 16.8 Å². The number of nitrogens with zero attached hydrogens (tertiary/aromatic N) is 4. The molecule has 1 amide bonds. The van der Waals surface area contributed by atoms with Crippen LogP contribution in [-0.2, 0) is 9.59 Å². The number of esters is 1. The van der Waals surface area contributed by atoms with E-state index in [2.05, 4.69) is 21.8 Å². The Morgan fingerprint density at radius 2 is 2.00 bits per heavy atom. The van der Waals surface area contributed by atoms with E-state index in [9.17, 15) is 9.59 Å². The van der Waals surface area contributed by atoms with E-state index in [4.69, 9.17) is 9.47 Å². The number of aromatic nitrogens is 3. The lowest BCUT2D eigenvalue weighted by Gasteiger charge is -2.30. The van der Waals surface area contributed by atoms with Gasteiger partial charge in [0.25, 0.3) is 0 Å². The molecule has 33 heavy (non-hydrogen) atoms. The largest absolute Gasteiger partial charge is 0.447 e. The van der Waals surface area contributed by atoms with Crippen molar-refractivity contribution in [3.8, 4) is 22.9 Å². The molecule has 0 bridgehead atoms. The zero-order valence-corrected chi connectivity index (χ0v) is 19.3. The Morgan fingerprint density at radius 3 is 2.73 bits per heavy atom. The molecule has 0 radical (unpaired) electrons. The SMILES string of the molecule is C=CCSc1nnc2c(n1)O[C@@H](c1cc(C)ccc1OC(C)=O)N(C(C)=O)c1ccccc1-2. The summed E-state index contributed by atoms with van der Waals surface area (Å²) in [4.78, 5) is 30.8. The number of aryl methyl sites for hydroxylation is 1. The fourth-order valence-electron chi connectivity index (χ4n) is 3.56. The molecule has 1 atom stereocenters. The van der Waals surface area contributed by atoms with Crippen LogP contribution in [0.3, 0.4) is 0 Å². The summed E-state index contributed by atoms with van der Waals surface area (Å²) >= 11 is 1.37. The molecule has 0 spiro atoms. The molecule has 9 heteroatoms. The van der Waals surface area contributed by atoms with E-state index in [-0.39, 0.29) is 11.8 Å². The van der Waals surface area contributed by atoms with Crippen molar-refractivity contribution in [3.63, 3.8) is 0 Å². The van der Waals surface area contributed by atoms with Gasteiger partial charge in [-0.2, -0.15) is 4.98 Å². The molecule has 2 aromatic carbocycles. The van der Waals surface area contributed by atoms with Crippen LogP contribution in [0.15, 0.2) is 60.3 Å². The van der Waals surface area contributed by atoms with E-state index < -0.39 is 12.2 Å². The summed E-state index contributed by atoms with van der Waals surface area (Å²) in [6, 6.07) is 12.7. The van der Waals surface area contributed by atoms with Gasteiger partial charge < -0.3 is 9.47 Å². The Morgan fingerprint density at radius 1 is 1.21 bits per heavy atom. The van der Waals surface area contributed by atoms with E-state index in [1.165, 1.54) is 30.5 Å². The molecule has 0 aliphatic carbocycles. The van der Waals surface area contributed by atoms with Crippen molar-refractivity contribution >= 4 is 29.3 Å². The fraction of sp³-hybridized carbons (Fsp3) is 0.208. The number of anilines is 1. The fourth-order valence-corrected chi connectivity index (χ4v) is 4.07. The monoisotopic (exact) mass is 462 g/mol. The first kappa shape index (κ1) is 22.5. The molecule has 3 aromatic rings. The van der Waals surface area contributed by atoms with Gasteiger partial charge in [-0.3, -0.25) is 14.5 Å². The average molecular weight is 463 g/mol. The summed E-state index contributed by atoms with van der Waals surface area (Å²) in [5.74, 6) is 0.400. The Hall–Kier alpha value is -3.72. The van der Waals surface area contributed by atoms with E-state index in [1.807, 2.05) is 43.3 Å². The summed E-state index contributed by atoms with van der Waals surface area (Å²) in [5.41, 5.74) is 3.10. The minimum atomic E-state index is -0.951. The first-order valence-corrected chi connectivity index (χ1v) is 11.2. The highest BCUT2D eigenvalue weighted by molar-refractivity contribution is 7.99. The molecule has 0 saturated heterocycles. The third kappa shape index (κ3) is 4.58. The number of ether oxygens (including phenoxy) is 2. The lowest BCUT2D eigenvalue weighted by molar-refractivity contribution is -0.132. The number of hydrogen-bond acceptors (Lipinski definition) is 8. The zero-order valence-electron chi connectivity index (χ0n) is 18.4. The molecule has 8 nitrogen and oxygen atoms in total. The maximum Gasteiger partial charge on any atom is 0.308 e. The third-order valence-electron chi connectivity index (χ3n) is 4.87. The van der Waals surface area contributed by atoms with Crippen LogP contribution in [-0.4, -0.2) is 32.8 Å². The summed E-state index contributed by atoms with van der Waals surface area (Å²) in [5, 5.41) is 9.00. The van der Waals surface area contributed by atoms with E-state index in [1.54, 1.807) is 12.1 Å². The van der Waals surface area contributed by atoms with Crippen molar-refractivity contribution in [2.45, 2.75) is 32.2 Å². The molecule has 4 rings (SSSR count). The number of thioether (sulfide) groups is 1. The molecule has 0 saturated carbocycles. The smallest absolute Gasteiger partial charge is 0.308 e. The first-order valence-electron chi connectivity index (χ1n) is 10.2. The Balaban J connectivity index is 1.95. The lowest BCUT2D eigenvalue weighted by Crippen LogP contribution is -2.36. The number of amides is 1. The number of rotatable bonds is 5. The van der Waals surface area contributed by atoms with Gasteiger partial charge in [0.15, 0.2) is 5.69 Å². The topological polar surface area (TPSA) is 94.5 Å². The van der Waals surface area contributed by atoms with Gasteiger partial charge in [0.05, 0.1) is 11.3 Å². The third-order valence-corrected chi connectivity index (χ3v) is 5.70. The number of para-hydroxylation sites is 1. The van der Waals surface area contributed by atoms with Gasteiger partial charge in [-0.25, -0.2) is 0 Å². The minimum absolute atomic E-state index is 0.230. The molecule has 0 unspecified atom stereocenters.